The molecule has 29 heavy (non-hydrogen) atoms. The minimum absolute atomic E-state index is 0.253. The summed E-state index contributed by atoms with van der Waals surface area (Å²) in [6.45, 7) is 12.9. The van der Waals surface area contributed by atoms with E-state index in [4.69, 9.17) is 14.6 Å². The van der Waals surface area contributed by atoms with Gasteiger partial charge in [-0.25, -0.2) is 4.79 Å². The number of para-hydroxylation sites is 1. The quantitative estimate of drug-likeness (QED) is 0.504. The van der Waals surface area contributed by atoms with Gasteiger partial charge in [-0.15, -0.1) is 0 Å². The van der Waals surface area contributed by atoms with Crippen molar-refractivity contribution in [2.24, 2.45) is 0 Å². The first kappa shape index (κ1) is 24.2. The summed E-state index contributed by atoms with van der Waals surface area (Å²) in [5.41, 5.74) is 4.68. The number of carbonyl (C=O) groups is 2. The van der Waals surface area contributed by atoms with Crippen LogP contribution in [0.25, 0.3) is 0 Å². The number of nitrogens with one attached hydrogen (secondary N) is 1. The zero-order valence-electron chi connectivity index (χ0n) is 18.2. The Morgan fingerprint density at radius 2 is 1.59 bits per heavy atom. The number of hydrogen-bond donors (Lipinski definition) is 2. The van der Waals surface area contributed by atoms with Gasteiger partial charge in [-0.1, -0.05) is 38.1 Å². The van der Waals surface area contributed by atoms with E-state index in [1.165, 1.54) is 11.1 Å². The van der Waals surface area contributed by atoms with Crippen molar-refractivity contribution in [3.63, 3.8) is 0 Å². The molecule has 1 atom stereocenters. The average Bonchev–Trinajstić information content (AvgIpc) is 2.66. The first-order valence-corrected chi connectivity index (χ1v) is 9.78. The van der Waals surface area contributed by atoms with Gasteiger partial charge in [-0.2, -0.15) is 0 Å². The van der Waals surface area contributed by atoms with Crippen molar-refractivity contribution in [2.45, 2.75) is 47.8 Å². The summed E-state index contributed by atoms with van der Waals surface area (Å²) in [7, 11) is 0. The number of anilines is 2. The number of aliphatic carboxylic acids is 1. The number of esters is 1. The highest BCUT2D eigenvalue weighted by atomic mass is 16.6. The van der Waals surface area contributed by atoms with Crippen molar-refractivity contribution < 1.29 is 19.4 Å². The largest absolute Gasteiger partial charge is 0.481 e. The van der Waals surface area contributed by atoms with Crippen molar-refractivity contribution in [3.05, 3.63) is 59.2 Å². The van der Waals surface area contributed by atoms with Crippen LogP contribution in [0.15, 0.2) is 42.5 Å². The topological polar surface area (TPSA) is 78.9 Å². The molecule has 0 fully saturated rings. The molecule has 1 unspecified atom stereocenters. The van der Waals surface area contributed by atoms with E-state index in [0.717, 1.165) is 31.4 Å². The maximum absolute atomic E-state index is 12.7. The molecule has 0 aliphatic carbocycles. The van der Waals surface area contributed by atoms with Gasteiger partial charge in [0.05, 0.1) is 11.3 Å². The summed E-state index contributed by atoms with van der Waals surface area (Å²) >= 11 is 0. The number of benzene rings is 2. The Kier molecular flexibility index (Phi) is 9.89. The molecule has 158 valence electrons. The fourth-order valence-corrected chi connectivity index (χ4v) is 2.83. The van der Waals surface area contributed by atoms with E-state index in [0.29, 0.717) is 5.56 Å². The summed E-state index contributed by atoms with van der Waals surface area (Å²) in [5, 5.41) is 10.8. The lowest BCUT2D eigenvalue weighted by molar-refractivity contribution is -0.134. The molecule has 0 aliphatic heterocycles. The molecule has 0 amide bonds. The smallest absolute Gasteiger partial charge is 0.341 e. The molecule has 0 heterocycles. The molecule has 0 bridgehead atoms. The Bertz CT molecular complexity index is 812. The third-order valence-electron chi connectivity index (χ3n) is 4.63. The van der Waals surface area contributed by atoms with Crippen LogP contribution in [-0.2, 0) is 9.53 Å². The molecule has 2 aromatic carbocycles. The first-order chi connectivity index (χ1) is 13.7. The lowest BCUT2D eigenvalue weighted by Crippen LogP contribution is -2.36. The second-order valence-electron chi connectivity index (χ2n) is 6.66. The fourth-order valence-electron chi connectivity index (χ4n) is 2.83. The Morgan fingerprint density at radius 3 is 2.17 bits per heavy atom. The number of aryl methyl sites for hydroxylation is 1. The molecule has 6 nitrogen and oxygen atoms in total. The van der Waals surface area contributed by atoms with Gasteiger partial charge in [0.2, 0.25) is 0 Å². The number of ether oxygens (including phenoxy) is 1. The normalized spacial score (nSPS) is 11.3. The zero-order valence-corrected chi connectivity index (χ0v) is 18.2. The van der Waals surface area contributed by atoms with Crippen LogP contribution in [0.4, 0.5) is 11.4 Å². The number of carboxylic acid groups (broad SMARTS) is 1. The van der Waals surface area contributed by atoms with Gasteiger partial charge < -0.3 is 15.2 Å². The van der Waals surface area contributed by atoms with E-state index < -0.39 is 5.97 Å². The Balaban J connectivity index is 0.000000960. The lowest BCUT2D eigenvalue weighted by atomic mass is 10.1. The second-order valence-corrected chi connectivity index (χ2v) is 6.66. The number of rotatable bonds is 7. The molecule has 0 radical (unpaired) electrons. The van der Waals surface area contributed by atoms with Gasteiger partial charge in [0.25, 0.3) is 5.97 Å². The third kappa shape index (κ3) is 7.58. The van der Waals surface area contributed by atoms with Crippen molar-refractivity contribution in [3.8, 4) is 0 Å². The van der Waals surface area contributed by atoms with Crippen molar-refractivity contribution >= 4 is 23.3 Å². The van der Waals surface area contributed by atoms with Gasteiger partial charge in [0, 0.05) is 12.6 Å². The molecular formula is C23H32N2O4. The molecule has 0 saturated carbocycles. The molecular weight excluding hydrogens is 368 g/mol. The van der Waals surface area contributed by atoms with Gasteiger partial charge in [-0.05, 0) is 63.2 Å². The predicted molar refractivity (Wildman–Crippen MR) is 117 cm³/mol. The first-order valence-electron chi connectivity index (χ1n) is 9.78. The van der Waals surface area contributed by atoms with Crippen LogP contribution in [0.1, 0.15) is 49.2 Å². The monoisotopic (exact) mass is 400 g/mol. The maximum atomic E-state index is 12.7. The van der Waals surface area contributed by atoms with Gasteiger partial charge in [-0.3, -0.25) is 9.69 Å². The van der Waals surface area contributed by atoms with Crippen molar-refractivity contribution in [1.82, 2.24) is 4.90 Å². The summed E-state index contributed by atoms with van der Waals surface area (Å²) < 4.78 is 5.66. The van der Waals surface area contributed by atoms with Crippen LogP contribution < -0.4 is 5.32 Å². The van der Waals surface area contributed by atoms with Crippen molar-refractivity contribution in [2.75, 3.05) is 18.4 Å². The lowest BCUT2D eigenvalue weighted by Gasteiger charge is -2.26. The standard InChI is InChI=1S/C21H28N2O2.C2H4O2/c1-6-23(7-2)17(5)25-21(24)18-12-8-9-13-20(18)22-19-14-10-11-15(3)16(19)4;1-2(3)4/h8-14,17,22H,6-7H2,1-5H3;1H3,(H,3,4). The van der Waals surface area contributed by atoms with Crippen LogP contribution in [-0.4, -0.2) is 41.3 Å². The third-order valence-corrected chi connectivity index (χ3v) is 4.63. The van der Waals surface area contributed by atoms with Crippen LogP contribution in [0.2, 0.25) is 0 Å². The summed E-state index contributed by atoms with van der Waals surface area (Å²) in [6.07, 6.45) is -0.253. The molecule has 0 aliphatic rings. The zero-order chi connectivity index (χ0) is 22.0. The highest BCUT2D eigenvalue weighted by Gasteiger charge is 2.19. The fraction of sp³-hybridized carbons (Fsp3) is 0.391. The second kappa shape index (κ2) is 11.9. The molecule has 2 rings (SSSR count). The van der Waals surface area contributed by atoms with E-state index in [-0.39, 0.29) is 12.2 Å². The van der Waals surface area contributed by atoms with Gasteiger partial charge in [0.1, 0.15) is 0 Å². The van der Waals surface area contributed by atoms with Gasteiger partial charge >= 0.3 is 5.97 Å². The van der Waals surface area contributed by atoms with Crippen molar-refractivity contribution in [1.29, 1.82) is 0 Å². The number of carboxylic acids is 1. The predicted octanol–water partition coefficient (Wildman–Crippen LogP) is 4.98. The number of carbonyl (C=O) groups excluding carboxylic acids is 1. The molecule has 0 spiro atoms. The molecule has 2 N–H and O–H groups in total. The van der Waals surface area contributed by atoms with Crippen LogP contribution in [0, 0.1) is 13.8 Å². The number of hydrogen-bond acceptors (Lipinski definition) is 5. The van der Waals surface area contributed by atoms with Crippen LogP contribution in [0.3, 0.4) is 0 Å². The average molecular weight is 401 g/mol. The minimum Gasteiger partial charge on any atom is -0.481 e. The maximum Gasteiger partial charge on any atom is 0.341 e. The van der Waals surface area contributed by atoms with Crippen LogP contribution in [0.5, 0.6) is 0 Å². The Hall–Kier alpha value is -2.86. The Labute approximate surface area is 173 Å². The summed E-state index contributed by atoms with van der Waals surface area (Å²) in [4.78, 5) is 23.8. The van der Waals surface area contributed by atoms with E-state index in [2.05, 4.69) is 44.0 Å². The number of nitrogens with zero attached hydrogens (tertiary/aromatic N) is 1. The minimum atomic E-state index is -0.833. The molecule has 2 aromatic rings. The molecule has 0 saturated heterocycles. The molecule has 6 heteroatoms. The SMILES string of the molecule is CC(=O)O.CCN(CC)C(C)OC(=O)c1ccccc1Nc1cccc(C)c1C. The van der Waals surface area contributed by atoms with E-state index in [1.807, 2.05) is 37.3 Å². The van der Waals surface area contributed by atoms with Gasteiger partial charge in [0.15, 0.2) is 6.23 Å². The van der Waals surface area contributed by atoms with E-state index in [1.54, 1.807) is 6.07 Å². The Morgan fingerprint density at radius 1 is 1.03 bits per heavy atom. The highest BCUT2D eigenvalue weighted by Crippen LogP contribution is 2.26. The van der Waals surface area contributed by atoms with Crippen LogP contribution >= 0.6 is 0 Å². The summed E-state index contributed by atoms with van der Waals surface area (Å²) in [5.74, 6) is -1.15. The molecule has 0 aromatic heterocycles. The summed E-state index contributed by atoms with van der Waals surface area (Å²) in [6, 6.07) is 13.6. The van der Waals surface area contributed by atoms with E-state index in [9.17, 15) is 4.79 Å². The highest BCUT2D eigenvalue weighted by molar-refractivity contribution is 5.96. The van der Waals surface area contributed by atoms with E-state index >= 15 is 0 Å².